The van der Waals surface area contributed by atoms with E-state index in [1.165, 1.54) is 6.42 Å². The smallest absolute Gasteiger partial charge is 0.0329 e. The van der Waals surface area contributed by atoms with Crippen LogP contribution in [0.15, 0.2) is 0 Å². The van der Waals surface area contributed by atoms with Gasteiger partial charge in [-0.1, -0.05) is 26.7 Å². The van der Waals surface area contributed by atoms with Crippen molar-refractivity contribution in [1.29, 1.82) is 0 Å². The molecule has 0 saturated heterocycles. The molecule has 19 heavy (non-hydrogen) atoms. The normalized spacial score (nSPS) is 57.2. The Morgan fingerprint density at radius 1 is 0.579 bits per heavy atom. The lowest BCUT2D eigenvalue weighted by Gasteiger charge is -2.53. The molecule has 108 valence electrons. The molecule has 4 aliphatic rings. The molecule has 0 N–H and O–H groups in total. The molecule has 0 aromatic rings. The lowest BCUT2D eigenvalue weighted by atomic mass is 9.52. The summed E-state index contributed by atoms with van der Waals surface area (Å²) < 4.78 is 0. The summed E-state index contributed by atoms with van der Waals surface area (Å²) in [5.41, 5.74) is 0. The highest BCUT2D eigenvalue weighted by atomic mass is 14.6. The minimum absolute atomic E-state index is 1.03. The fraction of sp³-hybridized carbons (Fsp3) is 1.00. The third kappa shape index (κ3) is 2.00. The Morgan fingerprint density at radius 2 is 1.26 bits per heavy atom. The van der Waals surface area contributed by atoms with Crippen LogP contribution >= 0.6 is 0 Å². The van der Waals surface area contributed by atoms with Crippen molar-refractivity contribution in [1.82, 2.24) is 0 Å². The third-order valence-corrected chi connectivity index (χ3v) is 7.83. The maximum absolute atomic E-state index is 2.57. The van der Waals surface area contributed by atoms with Gasteiger partial charge < -0.3 is 0 Å². The minimum Gasteiger partial charge on any atom is -0.0625 e. The van der Waals surface area contributed by atoms with Gasteiger partial charge in [-0.15, -0.1) is 0 Å². The quantitative estimate of drug-likeness (QED) is 0.538. The molecule has 0 heteroatoms. The summed E-state index contributed by atoms with van der Waals surface area (Å²) in [6.07, 6.45) is 14.2. The van der Waals surface area contributed by atoms with Crippen LogP contribution in [0.3, 0.4) is 0 Å². The molecule has 0 spiro atoms. The zero-order chi connectivity index (χ0) is 13.0. The van der Waals surface area contributed by atoms with E-state index < -0.39 is 0 Å². The summed E-state index contributed by atoms with van der Waals surface area (Å²) in [5, 5.41) is 0. The van der Waals surface area contributed by atoms with E-state index in [-0.39, 0.29) is 0 Å². The Morgan fingerprint density at radius 3 is 2.16 bits per heavy atom. The fourth-order valence-corrected chi connectivity index (χ4v) is 7.10. The lowest BCUT2D eigenvalue weighted by Crippen LogP contribution is -2.45. The van der Waals surface area contributed by atoms with Crippen molar-refractivity contribution in [3.05, 3.63) is 0 Å². The van der Waals surface area contributed by atoms with Crippen LogP contribution in [0.2, 0.25) is 0 Å². The molecule has 0 radical (unpaired) electrons. The number of hydrogen-bond acceptors (Lipinski definition) is 0. The molecular weight excluding hydrogens is 228 g/mol. The fourth-order valence-electron chi connectivity index (χ4n) is 7.10. The zero-order valence-electron chi connectivity index (χ0n) is 13.0. The highest BCUT2D eigenvalue weighted by Gasteiger charge is 2.50. The lowest BCUT2D eigenvalue weighted by molar-refractivity contribution is -0.0365. The van der Waals surface area contributed by atoms with E-state index in [1.54, 1.807) is 51.4 Å². The van der Waals surface area contributed by atoms with Crippen molar-refractivity contribution in [2.75, 3.05) is 0 Å². The monoisotopic (exact) mass is 260 g/mol. The molecule has 0 heterocycles. The Balaban J connectivity index is 1.55. The molecule has 0 amide bonds. The summed E-state index contributed by atoms with van der Waals surface area (Å²) in [7, 11) is 0. The standard InChI is InChI=1S/C19H32/c1-12-3-8-16-15(11-12)7-10-18-17(16)9-6-14-5-4-13(2)19(14)18/h12-19H,3-11H2,1-2H3. The van der Waals surface area contributed by atoms with E-state index >= 15 is 0 Å². The van der Waals surface area contributed by atoms with Crippen LogP contribution in [0.5, 0.6) is 0 Å². The summed E-state index contributed by atoms with van der Waals surface area (Å²) >= 11 is 0. The highest BCUT2D eigenvalue weighted by molar-refractivity contribution is 5.00. The second-order valence-corrected chi connectivity index (χ2v) is 8.72. The zero-order valence-corrected chi connectivity index (χ0v) is 13.0. The summed E-state index contributed by atoms with van der Waals surface area (Å²) in [5.74, 6) is 8.91. The van der Waals surface area contributed by atoms with Crippen LogP contribution in [0.25, 0.3) is 0 Å². The van der Waals surface area contributed by atoms with Gasteiger partial charge in [-0.25, -0.2) is 0 Å². The van der Waals surface area contributed by atoms with Crippen LogP contribution in [-0.4, -0.2) is 0 Å². The molecule has 4 aliphatic carbocycles. The first kappa shape index (κ1) is 12.7. The van der Waals surface area contributed by atoms with E-state index in [4.69, 9.17) is 0 Å². The van der Waals surface area contributed by atoms with Crippen LogP contribution in [0, 0.1) is 47.3 Å². The van der Waals surface area contributed by atoms with Crippen molar-refractivity contribution in [2.24, 2.45) is 47.3 Å². The number of fused-ring (bicyclic) bond motifs is 5. The molecule has 4 fully saturated rings. The van der Waals surface area contributed by atoms with Gasteiger partial charge >= 0.3 is 0 Å². The molecule has 0 nitrogen and oxygen atoms in total. The second-order valence-electron chi connectivity index (χ2n) is 8.72. The van der Waals surface area contributed by atoms with Gasteiger partial charge in [-0.3, -0.25) is 0 Å². The summed E-state index contributed by atoms with van der Waals surface area (Å²) in [6.45, 7) is 5.07. The molecule has 0 aromatic carbocycles. The molecular formula is C19H32. The van der Waals surface area contributed by atoms with Gasteiger partial charge in [0.25, 0.3) is 0 Å². The molecule has 8 atom stereocenters. The maximum atomic E-state index is 2.57. The van der Waals surface area contributed by atoms with Gasteiger partial charge in [0, 0.05) is 0 Å². The second kappa shape index (κ2) is 4.78. The topological polar surface area (TPSA) is 0 Å². The first-order valence-electron chi connectivity index (χ1n) is 9.24. The number of hydrogen-bond donors (Lipinski definition) is 0. The Hall–Kier alpha value is 0. The van der Waals surface area contributed by atoms with Gasteiger partial charge in [0.15, 0.2) is 0 Å². The van der Waals surface area contributed by atoms with Crippen molar-refractivity contribution < 1.29 is 0 Å². The van der Waals surface area contributed by atoms with E-state index in [1.807, 2.05) is 0 Å². The van der Waals surface area contributed by atoms with Crippen LogP contribution in [0.4, 0.5) is 0 Å². The number of rotatable bonds is 0. The third-order valence-electron chi connectivity index (χ3n) is 7.83. The predicted octanol–water partition coefficient (Wildman–Crippen LogP) is 5.52. The Labute approximate surface area is 119 Å². The first-order chi connectivity index (χ1) is 9.24. The maximum Gasteiger partial charge on any atom is -0.0329 e. The molecule has 4 saturated carbocycles. The average Bonchev–Trinajstić information content (AvgIpc) is 2.80. The molecule has 4 rings (SSSR count). The van der Waals surface area contributed by atoms with Gasteiger partial charge in [-0.2, -0.15) is 0 Å². The molecule has 0 aliphatic heterocycles. The van der Waals surface area contributed by atoms with Crippen LogP contribution < -0.4 is 0 Å². The molecule has 0 aromatic heterocycles. The Bertz CT molecular complexity index is 333. The van der Waals surface area contributed by atoms with Gasteiger partial charge in [0.1, 0.15) is 0 Å². The van der Waals surface area contributed by atoms with Crippen molar-refractivity contribution >= 4 is 0 Å². The van der Waals surface area contributed by atoms with Gasteiger partial charge in [-0.05, 0) is 92.3 Å². The Kier molecular flexibility index (Phi) is 3.20. The average molecular weight is 260 g/mol. The highest BCUT2D eigenvalue weighted by Crippen LogP contribution is 2.59. The van der Waals surface area contributed by atoms with Gasteiger partial charge in [0.2, 0.25) is 0 Å². The summed E-state index contributed by atoms with van der Waals surface area (Å²) in [4.78, 5) is 0. The first-order valence-corrected chi connectivity index (χ1v) is 9.24. The van der Waals surface area contributed by atoms with E-state index in [0.29, 0.717) is 0 Å². The van der Waals surface area contributed by atoms with Crippen molar-refractivity contribution in [3.63, 3.8) is 0 Å². The largest absolute Gasteiger partial charge is 0.0625 e. The molecule has 0 bridgehead atoms. The summed E-state index contributed by atoms with van der Waals surface area (Å²) in [6, 6.07) is 0. The minimum atomic E-state index is 1.03. The molecule has 8 unspecified atom stereocenters. The predicted molar refractivity (Wildman–Crippen MR) is 80.8 cm³/mol. The van der Waals surface area contributed by atoms with Gasteiger partial charge in [0.05, 0.1) is 0 Å². The SMILES string of the molecule is CC1CCC2C(CCC3C2CCC2CCC(C)C23)C1. The van der Waals surface area contributed by atoms with Crippen LogP contribution in [-0.2, 0) is 0 Å². The van der Waals surface area contributed by atoms with E-state index in [2.05, 4.69) is 13.8 Å². The van der Waals surface area contributed by atoms with E-state index in [0.717, 1.165) is 47.3 Å². The van der Waals surface area contributed by atoms with Crippen molar-refractivity contribution in [2.45, 2.75) is 71.6 Å². The van der Waals surface area contributed by atoms with Crippen LogP contribution in [0.1, 0.15) is 71.6 Å². The van der Waals surface area contributed by atoms with E-state index in [9.17, 15) is 0 Å². The van der Waals surface area contributed by atoms with Crippen molar-refractivity contribution in [3.8, 4) is 0 Å².